The quantitative estimate of drug-likeness (QED) is 0.266. The number of aryl methyl sites for hydroxylation is 1. The summed E-state index contributed by atoms with van der Waals surface area (Å²) < 4.78 is 33.9. The number of amides is 1. The van der Waals surface area contributed by atoms with Gasteiger partial charge >= 0.3 is 0 Å². The van der Waals surface area contributed by atoms with E-state index in [4.69, 9.17) is 4.74 Å². The number of carbonyl (C=O) groups is 1. The predicted octanol–water partition coefficient (Wildman–Crippen LogP) is 5.64. The SMILES string of the molecule is Cc1cc(/C=N/NC(=O)Cc2ccc(F)cc2)c(C)n1-c1ccc(OCc2ccc(F)cc2)cc1. The van der Waals surface area contributed by atoms with E-state index in [9.17, 15) is 13.6 Å². The molecule has 0 aliphatic carbocycles. The highest BCUT2D eigenvalue weighted by Crippen LogP contribution is 2.22. The minimum absolute atomic E-state index is 0.117. The molecule has 0 saturated heterocycles. The van der Waals surface area contributed by atoms with Crippen LogP contribution >= 0.6 is 0 Å². The molecule has 0 fully saturated rings. The molecule has 7 heteroatoms. The highest BCUT2D eigenvalue weighted by molar-refractivity contribution is 5.84. The summed E-state index contributed by atoms with van der Waals surface area (Å²) in [5.74, 6) is -0.175. The van der Waals surface area contributed by atoms with Gasteiger partial charge in [0.25, 0.3) is 0 Å². The Morgan fingerprint density at radius 3 is 2.14 bits per heavy atom. The lowest BCUT2D eigenvalue weighted by Gasteiger charge is -2.11. The topological polar surface area (TPSA) is 55.6 Å². The molecule has 1 amide bonds. The molecule has 0 saturated carbocycles. The van der Waals surface area contributed by atoms with E-state index in [1.165, 1.54) is 24.3 Å². The fourth-order valence-electron chi connectivity index (χ4n) is 3.76. The van der Waals surface area contributed by atoms with Crippen molar-refractivity contribution in [2.24, 2.45) is 5.10 Å². The van der Waals surface area contributed by atoms with E-state index in [0.717, 1.165) is 28.2 Å². The maximum absolute atomic E-state index is 13.0. The Bertz CT molecular complexity index is 1330. The van der Waals surface area contributed by atoms with Gasteiger partial charge < -0.3 is 9.30 Å². The van der Waals surface area contributed by atoms with Gasteiger partial charge in [0.1, 0.15) is 24.0 Å². The number of hydrogen-bond donors (Lipinski definition) is 1. The number of nitrogens with zero attached hydrogens (tertiary/aromatic N) is 2. The van der Waals surface area contributed by atoms with Crippen LogP contribution in [0.5, 0.6) is 5.75 Å². The Morgan fingerprint density at radius 2 is 1.51 bits per heavy atom. The summed E-state index contributed by atoms with van der Waals surface area (Å²) in [6, 6.07) is 21.7. The molecular weight excluding hydrogens is 448 g/mol. The normalized spacial score (nSPS) is 11.1. The van der Waals surface area contributed by atoms with E-state index in [-0.39, 0.29) is 24.0 Å². The lowest BCUT2D eigenvalue weighted by Crippen LogP contribution is -2.19. The monoisotopic (exact) mass is 473 g/mol. The second-order valence-electron chi connectivity index (χ2n) is 8.17. The average molecular weight is 474 g/mol. The van der Waals surface area contributed by atoms with Gasteiger partial charge in [0.2, 0.25) is 5.91 Å². The van der Waals surface area contributed by atoms with Crippen LogP contribution in [0.1, 0.15) is 28.1 Å². The third-order valence-electron chi connectivity index (χ3n) is 5.55. The molecule has 5 nitrogen and oxygen atoms in total. The van der Waals surface area contributed by atoms with Gasteiger partial charge in [0.15, 0.2) is 0 Å². The van der Waals surface area contributed by atoms with Gasteiger partial charge in [-0.15, -0.1) is 0 Å². The van der Waals surface area contributed by atoms with Gasteiger partial charge in [0.05, 0.1) is 12.6 Å². The number of ether oxygens (including phenoxy) is 1. The Labute approximate surface area is 202 Å². The minimum atomic E-state index is -0.338. The predicted molar refractivity (Wildman–Crippen MR) is 132 cm³/mol. The zero-order chi connectivity index (χ0) is 24.8. The maximum atomic E-state index is 13.0. The summed E-state index contributed by atoms with van der Waals surface area (Å²) in [7, 11) is 0. The van der Waals surface area contributed by atoms with Crippen molar-refractivity contribution in [1.29, 1.82) is 0 Å². The smallest absolute Gasteiger partial charge is 0.244 e. The van der Waals surface area contributed by atoms with Crippen molar-refractivity contribution in [3.8, 4) is 11.4 Å². The van der Waals surface area contributed by atoms with Crippen LogP contribution in [0.15, 0.2) is 84.0 Å². The second-order valence-corrected chi connectivity index (χ2v) is 8.17. The molecule has 35 heavy (non-hydrogen) atoms. The highest BCUT2D eigenvalue weighted by Gasteiger charge is 2.10. The van der Waals surface area contributed by atoms with Crippen molar-refractivity contribution in [3.05, 3.63) is 119 Å². The van der Waals surface area contributed by atoms with Crippen molar-refractivity contribution in [2.45, 2.75) is 26.9 Å². The van der Waals surface area contributed by atoms with Crippen LogP contribution in [-0.4, -0.2) is 16.7 Å². The summed E-state index contributed by atoms with van der Waals surface area (Å²) in [5, 5.41) is 4.08. The zero-order valence-electron chi connectivity index (χ0n) is 19.5. The third-order valence-corrected chi connectivity index (χ3v) is 5.55. The van der Waals surface area contributed by atoms with Crippen molar-refractivity contribution in [1.82, 2.24) is 9.99 Å². The van der Waals surface area contributed by atoms with E-state index < -0.39 is 0 Å². The Balaban J connectivity index is 1.38. The molecule has 0 aliphatic heterocycles. The van der Waals surface area contributed by atoms with Gasteiger partial charge in [-0.05, 0) is 79.6 Å². The molecule has 1 N–H and O–H groups in total. The number of hydrogen-bond acceptors (Lipinski definition) is 3. The van der Waals surface area contributed by atoms with Crippen molar-refractivity contribution in [2.75, 3.05) is 0 Å². The Kier molecular flexibility index (Phi) is 7.35. The molecule has 0 radical (unpaired) electrons. The molecule has 0 spiro atoms. The first-order valence-electron chi connectivity index (χ1n) is 11.1. The number of halogens is 2. The molecule has 178 valence electrons. The largest absolute Gasteiger partial charge is 0.489 e. The van der Waals surface area contributed by atoms with Gasteiger partial charge in [-0.1, -0.05) is 24.3 Å². The molecule has 3 aromatic carbocycles. The number of nitrogens with one attached hydrogen (secondary N) is 1. The van der Waals surface area contributed by atoms with Crippen LogP contribution in [-0.2, 0) is 17.8 Å². The van der Waals surface area contributed by atoms with E-state index in [1.807, 2.05) is 44.2 Å². The van der Waals surface area contributed by atoms with E-state index in [1.54, 1.807) is 30.5 Å². The standard InChI is InChI=1S/C28H25F2N3O2/c1-19-15-23(17-31-32-28(34)16-21-3-7-24(29)8-4-21)20(2)33(19)26-11-13-27(14-12-26)35-18-22-5-9-25(30)10-6-22/h3-15,17H,16,18H2,1-2H3,(H,32,34)/b31-17+. The van der Waals surface area contributed by atoms with Crippen LogP contribution in [0.2, 0.25) is 0 Å². The van der Waals surface area contributed by atoms with Crippen molar-refractivity contribution < 1.29 is 18.3 Å². The summed E-state index contributed by atoms with van der Waals surface area (Å²) in [6.45, 7) is 4.33. The minimum Gasteiger partial charge on any atom is -0.489 e. The highest BCUT2D eigenvalue weighted by atomic mass is 19.1. The molecular formula is C28H25F2N3O2. The van der Waals surface area contributed by atoms with Gasteiger partial charge in [-0.2, -0.15) is 5.10 Å². The number of benzene rings is 3. The van der Waals surface area contributed by atoms with Crippen molar-refractivity contribution in [3.63, 3.8) is 0 Å². The summed E-state index contributed by atoms with van der Waals surface area (Å²) in [5.41, 5.74) is 7.95. The van der Waals surface area contributed by atoms with Crippen molar-refractivity contribution >= 4 is 12.1 Å². The summed E-state index contributed by atoms with van der Waals surface area (Å²) in [4.78, 5) is 12.1. The lowest BCUT2D eigenvalue weighted by atomic mass is 10.1. The van der Waals surface area contributed by atoms with E-state index >= 15 is 0 Å². The number of aromatic nitrogens is 1. The molecule has 4 aromatic rings. The van der Waals surface area contributed by atoms with E-state index in [0.29, 0.717) is 17.9 Å². The maximum Gasteiger partial charge on any atom is 0.244 e. The molecule has 0 aliphatic rings. The van der Waals surface area contributed by atoms with Crippen LogP contribution in [0.4, 0.5) is 8.78 Å². The second kappa shape index (κ2) is 10.8. The molecule has 4 rings (SSSR count). The molecule has 1 aromatic heterocycles. The van der Waals surface area contributed by atoms with Crippen LogP contribution in [0.3, 0.4) is 0 Å². The fourth-order valence-corrected chi connectivity index (χ4v) is 3.76. The first kappa shape index (κ1) is 23.9. The fraction of sp³-hybridized carbons (Fsp3) is 0.143. The lowest BCUT2D eigenvalue weighted by molar-refractivity contribution is -0.120. The third kappa shape index (κ3) is 6.20. The molecule has 1 heterocycles. The van der Waals surface area contributed by atoms with Gasteiger partial charge in [-0.3, -0.25) is 4.79 Å². The summed E-state index contributed by atoms with van der Waals surface area (Å²) in [6.07, 6.45) is 1.73. The average Bonchev–Trinajstić information content (AvgIpc) is 3.13. The van der Waals surface area contributed by atoms with Gasteiger partial charge in [-0.25, -0.2) is 14.2 Å². The first-order chi connectivity index (χ1) is 16.9. The summed E-state index contributed by atoms with van der Waals surface area (Å²) >= 11 is 0. The zero-order valence-corrected chi connectivity index (χ0v) is 19.5. The Hall–Kier alpha value is -4.26. The first-order valence-corrected chi connectivity index (χ1v) is 11.1. The number of rotatable bonds is 8. The number of carbonyl (C=O) groups excluding carboxylic acids is 1. The van der Waals surface area contributed by atoms with Crippen LogP contribution in [0, 0.1) is 25.5 Å². The van der Waals surface area contributed by atoms with Crippen LogP contribution in [0.25, 0.3) is 5.69 Å². The molecule has 0 atom stereocenters. The Morgan fingerprint density at radius 1 is 0.914 bits per heavy atom. The number of hydrazone groups is 1. The van der Waals surface area contributed by atoms with Crippen LogP contribution < -0.4 is 10.2 Å². The molecule has 0 bridgehead atoms. The molecule has 0 unspecified atom stereocenters. The van der Waals surface area contributed by atoms with Gasteiger partial charge in [0, 0.05) is 22.6 Å². The van der Waals surface area contributed by atoms with E-state index in [2.05, 4.69) is 15.1 Å².